The number of halogens is 1. The van der Waals surface area contributed by atoms with E-state index in [2.05, 4.69) is 36.3 Å². The monoisotopic (exact) mass is 456 g/mol. The van der Waals surface area contributed by atoms with E-state index in [0.29, 0.717) is 39.4 Å². The number of aromatic nitrogens is 1. The van der Waals surface area contributed by atoms with Gasteiger partial charge in [-0.1, -0.05) is 49.7 Å². The van der Waals surface area contributed by atoms with Crippen molar-refractivity contribution in [1.29, 1.82) is 0 Å². The van der Waals surface area contributed by atoms with Crippen molar-refractivity contribution in [2.75, 3.05) is 5.32 Å². The molecule has 0 bridgehead atoms. The van der Waals surface area contributed by atoms with Gasteiger partial charge in [0.05, 0.1) is 0 Å². The second-order valence-corrected chi connectivity index (χ2v) is 8.54. The van der Waals surface area contributed by atoms with Crippen LogP contribution in [-0.4, -0.2) is 10.9 Å². The molecule has 0 fully saturated rings. The highest BCUT2D eigenvalue weighted by Crippen LogP contribution is 2.28. The van der Waals surface area contributed by atoms with Crippen molar-refractivity contribution in [3.63, 3.8) is 0 Å². The fourth-order valence-electron chi connectivity index (χ4n) is 3.59. The highest BCUT2D eigenvalue weighted by atomic mass is 35.5. The lowest BCUT2D eigenvalue weighted by molar-refractivity contribution is 0.0997. The molecule has 5 rings (SSSR count). The first-order chi connectivity index (χ1) is 16.0. The minimum absolute atomic E-state index is 0.205. The molecule has 0 aliphatic carbocycles. The molecule has 164 valence electrons. The third-order valence-corrected chi connectivity index (χ3v) is 5.64. The molecule has 2 heterocycles. The number of furan rings is 1. The van der Waals surface area contributed by atoms with Gasteiger partial charge in [0.1, 0.15) is 11.3 Å². The van der Waals surface area contributed by atoms with Gasteiger partial charge in [-0.25, -0.2) is 4.98 Å². The zero-order chi connectivity index (χ0) is 22.9. The lowest BCUT2D eigenvalue weighted by Gasteiger charge is -2.04. The summed E-state index contributed by atoms with van der Waals surface area (Å²) >= 11 is 6.04. The summed E-state index contributed by atoms with van der Waals surface area (Å²) < 4.78 is 11.6. The second-order valence-electron chi connectivity index (χ2n) is 8.11. The van der Waals surface area contributed by atoms with E-state index in [9.17, 15) is 4.79 Å². The number of nitrogens with one attached hydrogen (secondary N) is 1. The summed E-state index contributed by atoms with van der Waals surface area (Å²) in [7, 11) is 0. The van der Waals surface area contributed by atoms with Gasteiger partial charge < -0.3 is 14.2 Å². The summed E-state index contributed by atoms with van der Waals surface area (Å²) in [6, 6.07) is 24.2. The SMILES string of the molecule is CC(C)c1ccc(-c2nc3cc(NC(=O)c4ccc(-c5cccc(Cl)c5)o4)ccc3o2)cc1. The Bertz CT molecular complexity index is 1450. The normalized spacial score (nSPS) is 11.3. The molecule has 0 saturated heterocycles. The maximum atomic E-state index is 12.7. The zero-order valence-electron chi connectivity index (χ0n) is 18.1. The van der Waals surface area contributed by atoms with E-state index >= 15 is 0 Å². The van der Waals surface area contributed by atoms with Gasteiger partial charge in [0, 0.05) is 21.8 Å². The van der Waals surface area contributed by atoms with Crippen LogP contribution in [0.25, 0.3) is 33.9 Å². The molecule has 3 aromatic carbocycles. The van der Waals surface area contributed by atoms with Crippen LogP contribution in [0.4, 0.5) is 5.69 Å². The van der Waals surface area contributed by atoms with Gasteiger partial charge in [-0.15, -0.1) is 0 Å². The first kappa shape index (κ1) is 21.0. The Labute approximate surface area is 196 Å². The predicted molar refractivity (Wildman–Crippen MR) is 131 cm³/mol. The van der Waals surface area contributed by atoms with Gasteiger partial charge in [-0.3, -0.25) is 4.79 Å². The fraction of sp³-hybridized carbons (Fsp3) is 0.111. The van der Waals surface area contributed by atoms with Crippen LogP contribution in [0.5, 0.6) is 0 Å². The summed E-state index contributed by atoms with van der Waals surface area (Å²) in [6.07, 6.45) is 0. The van der Waals surface area contributed by atoms with Crippen LogP contribution in [0.1, 0.15) is 35.9 Å². The summed E-state index contributed by atoms with van der Waals surface area (Å²) in [6.45, 7) is 4.32. The van der Waals surface area contributed by atoms with Crippen LogP contribution in [0, 0.1) is 0 Å². The Kier molecular flexibility index (Phi) is 5.48. The molecule has 33 heavy (non-hydrogen) atoms. The number of carbonyl (C=O) groups excluding carboxylic acids is 1. The Balaban J connectivity index is 1.35. The predicted octanol–water partition coefficient (Wildman–Crippen LogP) is 7.78. The number of amides is 1. The fourth-order valence-corrected chi connectivity index (χ4v) is 3.78. The minimum Gasteiger partial charge on any atom is -0.451 e. The van der Waals surface area contributed by atoms with Gasteiger partial charge >= 0.3 is 0 Å². The molecule has 0 unspecified atom stereocenters. The van der Waals surface area contributed by atoms with Crippen LogP contribution in [-0.2, 0) is 0 Å². The Morgan fingerprint density at radius 3 is 2.48 bits per heavy atom. The zero-order valence-corrected chi connectivity index (χ0v) is 18.9. The second kappa shape index (κ2) is 8.60. The molecule has 0 saturated carbocycles. The topological polar surface area (TPSA) is 68.3 Å². The molecule has 0 aliphatic heterocycles. The van der Waals surface area contributed by atoms with Crippen molar-refractivity contribution in [3.05, 3.63) is 95.2 Å². The Morgan fingerprint density at radius 1 is 0.909 bits per heavy atom. The number of hydrogen-bond donors (Lipinski definition) is 1. The van der Waals surface area contributed by atoms with Gasteiger partial charge in [-0.2, -0.15) is 0 Å². The highest BCUT2D eigenvalue weighted by molar-refractivity contribution is 6.30. The van der Waals surface area contributed by atoms with Crippen LogP contribution in [0.15, 0.2) is 87.7 Å². The highest BCUT2D eigenvalue weighted by Gasteiger charge is 2.15. The number of fused-ring (bicyclic) bond motifs is 1. The maximum absolute atomic E-state index is 12.7. The molecule has 0 radical (unpaired) electrons. The lowest BCUT2D eigenvalue weighted by atomic mass is 10.0. The maximum Gasteiger partial charge on any atom is 0.291 e. The van der Waals surface area contributed by atoms with E-state index < -0.39 is 0 Å². The summed E-state index contributed by atoms with van der Waals surface area (Å²) in [5, 5.41) is 3.46. The summed E-state index contributed by atoms with van der Waals surface area (Å²) in [4.78, 5) is 17.3. The number of benzene rings is 3. The van der Waals surface area contributed by atoms with E-state index in [1.54, 1.807) is 42.5 Å². The van der Waals surface area contributed by atoms with Crippen molar-refractivity contribution in [2.24, 2.45) is 0 Å². The van der Waals surface area contributed by atoms with Crippen LogP contribution in [0.2, 0.25) is 5.02 Å². The van der Waals surface area contributed by atoms with Gasteiger partial charge in [-0.05, 0) is 66.1 Å². The standard InChI is InChI=1S/C27H21ClN2O3/c1-16(2)17-6-8-18(9-7-17)27-30-22-15-21(10-11-24(22)33-27)29-26(31)25-13-12-23(32-25)19-4-3-5-20(28)14-19/h3-16H,1-2H3,(H,29,31). The molecule has 1 N–H and O–H groups in total. The number of oxazole rings is 1. The first-order valence-corrected chi connectivity index (χ1v) is 11.0. The number of carbonyl (C=O) groups is 1. The molecule has 2 aromatic heterocycles. The quantitative estimate of drug-likeness (QED) is 0.293. The number of anilines is 1. The van der Waals surface area contributed by atoms with Crippen molar-refractivity contribution >= 4 is 34.3 Å². The number of nitrogens with zero attached hydrogens (tertiary/aromatic N) is 1. The molecule has 0 atom stereocenters. The smallest absolute Gasteiger partial charge is 0.291 e. The van der Waals surface area contributed by atoms with Crippen LogP contribution < -0.4 is 5.32 Å². The van der Waals surface area contributed by atoms with E-state index in [4.69, 9.17) is 20.4 Å². The third-order valence-electron chi connectivity index (χ3n) is 5.41. The summed E-state index contributed by atoms with van der Waals surface area (Å²) in [5.74, 6) is 1.43. The average molecular weight is 457 g/mol. The third kappa shape index (κ3) is 4.41. The van der Waals surface area contributed by atoms with E-state index in [1.807, 2.05) is 24.3 Å². The molecule has 1 amide bonds. The van der Waals surface area contributed by atoms with E-state index in [0.717, 1.165) is 11.1 Å². The van der Waals surface area contributed by atoms with Gasteiger partial charge in [0.15, 0.2) is 11.3 Å². The molecule has 5 aromatic rings. The Hall–Kier alpha value is -3.83. The lowest BCUT2D eigenvalue weighted by Crippen LogP contribution is -2.10. The minimum atomic E-state index is -0.351. The van der Waals surface area contributed by atoms with Gasteiger partial charge in [0.2, 0.25) is 5.89 Å². The summed E-state index contributed by atoms with van der Waals surface area (Å²) in [5.41, 5.74) is 4.89. The Morgan fingerprint density at radius 2 is 1.73 bits per heavy atom. The first-order valence-electron chi connectivity index (χ1n) is 10.6. The molecule has 0 aliphatic rings. The molecule has 0 spiro atoms. The average Bonchev–Trinajstić information content (AvgIpc) is 3.46. The van der Waals surface area contributed by atoms with Crippen molar-refractivity contribution in [2.45, 2.75) is 19.8 Å². The molecule has 6 heteroatoms. The number of rotatable bonds is 5. The largest absolute Gasteiger partial charge is 0.451 e. The van der Waals surface area contributed by atoms with Crippen LogP contribution >= 0.6 is 11.6 Å². The van der Waals surface area contributed by atoms with Crippen molar-refractivity contribution in [1.82, 2.24) is 4.98 Å². The van der Waals surface area contributed by atoms with Gasteiger partial charge in [0.25, 0.3) is 5.91 Å². The van der Waals surface area contributed by atoms with E-state index in [-0.39, 0.29) is 11.7 Å². The molecular formula is C27H21ClN2O3. The van der Waals surface area contributed by atoms with Crippen molar-refractivity contribution < 1.29 is 13.6 Å². The van der Waals surface area contributed by atoms with E-state index in [1.165, 1.54) is 5.56 Å². The van der Waals surface area contributed by atoms with Crippen LogP contribution in [0.3, 0.4) is 0 Å². The number of hydrogen-bond acceptors (Lipinski definition) is 4. The molecular weight excluding hydrogens is 436 g/mol. The van der Waals surface area contributed by atoms with Crippen molar-refractivity contribution in [3.8, 4) is 22.8 Å². The molecule has 5 nitrogen and oxygen atoms in total.